The van der Waals surface area contributed by atoms with E-state index in [9.17, 15) is 8.42 Å². The number of fused-ring (bicyclic) bond motifs is 1. The molecule has 0 aliphatic carbocycles. The van der Waals surface area contributed by atoms with Gasteiger partial charge in [-0.3, -0.25) is 9.17 Å². The average Bonchev–Trinajstić information content (AvgIpc) is 2.29. The molecule has 0 saturated heterocycles. The Morgan fingerprint density at radius 2 is 2.12 bits per heavy atom. The van der Waals surface area contributed by atoms with Gasteiger partial charge in [0.15, 0.2) is 0 Å². The molecule has 0 unspecified atom stereocenters. The second-order valence-corrected chi connectivity index (χ2v) is 3.75. The number of hydrogen-bond donors (Lipinski definition) is 2. The molecule has 5 nitrogen and oxygen atoms in total. The normalized spacial score (nSPS) is 10.8. The van der Waals surface area contributed by atoms with Crippen LogP contribution in [0.1, 0.15) is 0 Å². The molecular formula is C10H10N2O3S. The molecule has 1 N–H and O–H groups in total. The first-order valence-electron chi connectivity index (χ1n) is 4.62. The van der Waals surface area contributed by atoms with Crippen molar-refractivity contribution in [3.8, 4) is 0 Å². The van der Waals surface area contributed by atoms with Gasteiger partial charge in [-0.15, -0.1) is 0 Å². The molecule has 0 radical (unpaired) electrons. The van der Waals surface area contributed by atoms with Crippen LogP contribution in [0.25, 0.3) is 10.9 Å². The van der Waals surface area contributed by atoms with E-state index in [1.54, 1.807) is 6.20 Å². The second-order valence-electron chi connectivity index (χ2n) is 3.05. The summed E-state index contributed by atoms with van der Waals surface area (Å²) in [6.07, 6.45) is 1.71. The highest BCUT2D eigenvalue weighted by atomic mass is 32.2. The van der Waals surface area contributed by atoms with E-state index in [0.717, 1.165) is 16.6 Å². The van der Waals surface area contributed by atoms with Crippen molar-refractivity contribution in [3.63, 3.8) is 0 Å². The van der Waals surface area contributed by atoms with Crippen LogP contribution in [0.2, 0.25) is 0 Å². The molecule has 0 aliphatic rings. The molecule has 6 heteroatoms. The Balaban J connectivity index is 2.23. The fourth-order valence-electron chi connectivity index (χ4n) is 1.42. The van der Waals surface area contributed by atoms with Gasteiger partial charge in [-0.1, -0.05) is 6.07 Å². The van der Waals surface area contributed by atoms with E-state index in [0.29, 0.717) is 0 Å². The maximum atomic E-state index is 10.2. The van der Waals surface area contributed by atoms with Crippen LogP contribution in [0, 0.1) is 0 Å². The zero-order valence-corrected chi connectivity index (χ0v) is 9.18. The Kier molecular flexibility index (Phi) is 3.33. The van der Waals surface area contributed by atoms with E-state index in [1.807, 2.05) is 30.3 Å². The third-order valence-corrected chi connectivity index (χ3v) is 2.42. The summed E-state index contributed by atoms with van der Waals surface area (Å²) in [7, 11) is -2.82. The average molecular weight is 238 g/mol. The lowest BCUT2D eigenvalue weighted by atomic mass is 10.2. The predicted molar refractivity (Wildman–Crippen MR) is 61.6 cm³/mol. The number of benzene rings is 1. The van der Waals surface area contributed by atoms with Crippen LogP contribution in [0.4, 0.5) is 5.69 Å². The third-order valence-electron chi connectivity index (χ3n) is 2.08. The van der Waals surface area contributed by atoms with Crippen molar-refractivity contribution in [3.05, 3.63) is 36.5 Å². The van der Waals surface area contributed by atoms with Crippen molar-refractivity contribution in [2.45, 2.75) is 0 Å². The first kappa shape index (κ1) is 10.8. The minimum atomic E-state index is -2.82. The topological polar surface area (TPSA) is 68.3 Å². The van der Waals surface area contributed by atoms with Crippen molar-refractivity contribution < 1.29 is 12.6 Å². The second kappa shape index (κ2) is 4.91. The first-order valence-corrected chi connectivity index (χ1v) is 5.72. The number of nitrogens with zero attached hydrogens (tertiary/aromatic N) is 1. The summed E-state index contributed by atoms with van der Waals surface area (Å²) >= 11 is 0. The van der Waals surface area contributed by atoms with Crippen molar-refractivity contribution in [1.82, 2.24) is 4.98 Å². The molecule has 84 valence electrons. The van der Waals surface area contributed by atoms with Gasteiger partial charge in [0.25, 0.3) is 11.0 Å². The molecule has 0 amide bonds. The molecular weight excluding hydrogens is 228 g/mol. The molecule has 1 heterocycles. The Morgan fingerprint density at radius 1 is 1.25 bits per heavy atom. The molecule has 0 saturated carbocycles. The van der Waals surface area contributed by atoms with Crippen LogP contribution in [-0.2, 0) is 15.2 Å². The van der Waals surface area contributed by atoms with Crippen molar-refractivity contribution in [1.29, 1.82) is 0 Å². The lowest BCUT2D eigenvalue weighted by Crippen LogP contribution is -2.05. The summed E-state index contributed by atoms with van der Waals surface area (Å²) in [5.74, 6) is 0. The molecule has 1 aromatic heterocycles. The third kappa shape index (κ3) is 2.47. The van der Waals surface area contributed by atoms with E-state index in [2.05, 4.69) is 14.5 Å². The Bertz CT molecular complexity index is 555. The molecule has 0 bridgehead atoms. The zero-order chi connectivity index (χ0) is 11.4. The van der Waals surface area contributed by atoms with Gasteiger partial charge in [0, 0.05) is 17.3 Å². The lowest BCUT2D eigenvalue weighted by molar-refractivity contribution is 0.361. The van der Waals surface area contributed by atoms with Crippen LogP contribution in [0.3, 0.4) is 0 Å². The van der Waals surface area contributed by atoms with Crippen LogP contribution in [0.5, 0.6) is 0 Å². The van der Waals surface area contributed by atoms with Crippen LogP contribution >= 0.6 is 0 Å². The quantitative estimate of drug-likeness (QED) is 0.617. The van der Waals surface area contributed by atoms with Crippen molar-refractivity contribution in [2.75, 3.05) is 12.0 Å². The van der Waals surface area contributed by atoms with Crippen LogP contribution in [0.15, 0.2) is 36.5 Å². The fourth-order valence-corrected chi connectivity index (χ4v) is 1.59. The number of anilines is 1. The Labute approximate surface area is 94.2 Å². The number of aromatic nitrogens is 1. The molecule has 16 heavy (non-hydrogen) atoms. The Hall–Kier alpha value is -1.66. The zero-order valence-electron chi connectivity index (χ0n) is 8.29. The molecule has 0 aliphatic heterocycles. The maximum absolute atomic E-state index is 10.2. The number of rotatable bonds is 4. The molecule has 1 aromatic carbocycles. The maximum Gasteiger partial charge on any atom is 0.258 e. The summed E-state index contributed by atoms with van der Waals surface area (Å²) < 4.78 is 24.8. The number of pyridine rings is 1. The highest BCUT2D eigenvalue weighted by molar-refractivity contribution is 7.67. The predicted octanol–water partition coefficient (Wildman–Crippen LogP) is 1.15. The molecule has 0 fully saturated rings. The van der Waals surface area contributed by atoms with Gasteiger partial charge in [0.2, 0.25) is 0 Å². The molecule has 0 spiro atoms. The van der Waals surface area contributed by atoms with Gasteiger partial charge in [-0.25, -0.2) is 8.42 Å². The van der Waals surface area contributed by atoms with Crippen LogP contribution in [-0.4, -0.2) is 20.1 Å². The summed E-state index contributed by atoms with van der Waals surface area (Å²) in [5, 5.41) is 3.80. The van der Waals surface area contributed by atoms with Gasteiger partial charge in [-0.05, 0) is 24.3 Å². The van der Waals surface area contributed by atoms with E-state index in [1.165, 1.54) is 0 Å². The summed E-state index contributed by atoms with van der Waals surface area (Å²) in [5.41, 5.74) is 1.64. The minimum Gasteiger partial charge on any atom is -0.361 e. The smallest absolute Gasteiger partial charge is 0.258 e. The van der Waals surface area contributed by atoms with E-state index in [4.69, 9.17) is 0 Å². The van der Waals surface area contributed by atoms with Gasteiger partial charge in [-0.2, -0.15) is 0 Å². The highest BCUT2D eigenvalue weighted by Gasteiger charge is 1.99. The number of thiol groups is 1. The Morgan fingerprint density at radius 3 is 2.94 bits per heavy atom. The number of nitrogens with one attached hydrogen (secondary N) is 1. The largest absolute Gasteiger partial charge is 0.361 e. The minimum absolute atomic E-state index is 0.0767. The molecule has 2 rings (SSSR count). The van der Waals surface area contributed by atoms with Crippen LogP contribution < -0.4 is 5.32 Å². The van der Waals surface area contributed by atoms with Gasteiger partial charge in [0.1, 0.15) is 6.73 Å². The van der Waals surface area contributed by atoms with Gasteiger partial charge >= 0.3 is 0 Å². The number of hydrogen-bond acceptors (Lipinski definition) is 5. The SMILES string of the molecule is O=[SH](=O)OCNc1cccc2ncccc12. The van der Waals surface area contributed by atoms with E-state index >= 15 is 0 Å². The van der Waals surface area contributed by atoms with E-state index in [-0.39, 0.29) is 6.73 Å². The van der Waals surface area contributed by atoms with Crippen molar-refractivity contribution >= 4 is 27.6 Å². The monoisotopic (exact) mass is 238 g/mol. The molecule has 2 aromatic rings. The lowest BCUT2D eigenvalue weighted by Gasteiger charge is -2.07. The van der Waals surface area contributed by atoms with Gasteiger partial charge in [0.05, 0.1) is 5.52 Å². The highest BCUT2D eigenvalue weighted by Crippen LogP contribution is 2.20. The summed E-state index contributed by atoms with van der Waals surface area (Å²) in [6.45, 7) is -0.0767. The first-order chi connectivity index (χ1) is 7.77. The van der Waals surface area contributed by atoms with Crippen molar-refractivity contribution in [2.24, 2.45) is 0 Å². The van der Waals surface area contributed by atoms with E-state index < -0.39 is 11.0 Å². The molecule has 0 atom stereocenters. The van der Waals surface area contributed by atoms with Gasteiger partial charge < -0.3 is 5.32 Å². The summed E-state index contributed by atoms with van der Waals surface area (Å²) in [4.78, 5) is 4.18. The standard InChI is InChI=1S/C10H10N2O3S/c13-16(14)15-7-12-10-5-1-4-9-8(10)3-2-6-11-9/h1-6,12,16H,7H2. The fraction of sp³-hybridized carbons (Fsp3) is 0.100. The summed E-state index contributed by atoms with van der Waals surface area (Å²) in [6, 6.07) is 9.29.